The van der Waals surface area contributed by atoms with E-state index in [0.717, 1.165) is 23.4 Å². The van der Waals surface area contributed by atoms with Crippen molar-refractivity contribution in [1.82, 2.24) is 9.97 Å². The molecule has 29 heavy (non-hydrogen) atoms. The van der Waals surface area contributed by atoms with Gasteiger partial charge < -0.3 is 23.8 Å². The molecule has 0 unspecified atom stereocenters. The predicted molar refractivity (Wildman–Crippen MR) is 114 cm³/mol. The van der Waals surface area contributed by atoms with Crippen LogP contribution in [-0.4, -0.2) is 51.5 Å². The summed E-state index contributed by atoms with van der Waals surface area (Å²) in [6, 6.07) is 9.97. The van der Waals surface area contributed by atoms with Gasteiger partial charge in [-0.25, -0.2) is 9.97 Å². The van der Waals surface area contributed by atoms with Gasteiger partial charge in [-0.3, -0.25) is 0 Å². The average molecular weight is 397 g/mol. The predicted octanol–water partition coefficient (Wildman–Crippen LogP) is 3.73. The maximum atomic E-state index is 6.00. The molecule has 0 amide bonds. The molecule has 7 nitrogen and oxygen atoms in total. The van der Waals surface area contributed by atoms with E-state index in [2.05, 4.69) is 23.0 Å². The third kappa shape index (κ3) is 4.13. The van der Waals surface area contributed by atoms with Crippen LogP contribution in [0.4, 0.5) is 5.82 Å². The van der Waals surface area contributed by atoms with E-state index < -0.39 is 0 Å². The SMILES string of the molecule is CCc1ccccc1OCCN(C)c1ncnc2c(OC)c(OC)c(OC)cc12. The number of nitrogens with zero attached hydrogens (tertiary/aromatic N) is 3. The van der Waals surface area contributed by atoms with Gasteiger partial charge in [0.2, 0.25) is 5.75 Å². The summed E-state index contributed by atoms with van der Waals surface area (Å²) in [6.07, 6.45) is 2.46. The number of para-hydroxylation sites is 1. The van der Waals surface area contributed by atoms with Gasteiger partial charge in [0.25, 0.3) is 0 Å². The van der Waals surface area contributed by atoms with E-state index in [1.807, 2.05) is 36.2 Å². The minimum absolute atomic E-state index is 0.509. The zero-order valence-electron chi connectivity index (χ0n) is 17.6. The highest BCUT2D eigenvalue weighted by Crippen LogP contribution is 2.44. The lowest BCUT2D eigenvalue weighted by Crippen LogP contribution is -2.25. The Morgan fingerprint density at radius 2 is 1.69 bits per heavy atom. The van der Waals surface area contributed by atoms with Crippen molar-refractivity contribution in [2.24, 2.45) is 0 Å². The average Bonchev–Trinajstić information content (AvgIpc) is 2.77. The Kier molecular flexibility index (Phi) is 6.59. The number of hydrogen-bond acceptors (Lipinski definition) is 7. The molecule has 154 valence electrons. The topological polar surface area (TPSA) is 65.9 Å². The van der Waals surface area contributed by atoms with Crippen molar-refractivity contribution in [2.75, 3.05) is 46.4 Å². The molecule has 0 atom stereocenters. The van der Waals surface area contributed by atoms with Crippen LogP contribution in [-0.2, 0) is 6.42 Å². The molecule has 0 N–H and O–H groups in total. The minimum atomic E-state index is 0.509. The summed E-state index contributed by atoms with van der Waals surface area (Å²) < 4.78 is 22.5. The number of ether oxygens (including phenoxy) is 4. The normalized spacial score (nSPS) is 10.7. The molecular formula is C22H27N3O4. The number of hydrogen-bond donors (Lipinski definition) is 0. The molecule has 0 bridgehead atoms. The van der Waals surface area contributed by atoms with Crippen LogP contribution >= 0.6 is 0 Å². The first-order valence-electron chi connectivity index (χ1n) is 9.50. The summed E-state index contributed by atoms with van der Waals surface area (Å²) in [5.41, 5.74) is 1.86. The first kappa shape index (κ1) is 20.5. The van der Waals surface area contributed by atoms with Crippen molar-refractivity contribution in [3.8, 4) is 23.0 Å². The van der Waals surface area contributed by atoms with Gasteiger partial charge in [0.1, 0.15) is 30.0 Å². The van der Waals surface area contributed by atoms with Gasteiger partial charge in [-0.1, -0.05) is 25.1 Å². The standard InChI is InChI=1S/C22H27N3O4/c1-6-15-9-7-8-10-17(15)29-12-11-25(2)22-16-13-18(26-3)20(27-4)21(28-5)19(16)23-14-24-22/h7-10,13-14H,6,11-12H2,1-5H3. The molecule has 3 rings (SSSR count). The van der Waals surface area contributed by atoms with Crippen LogP contribution in [0.5, 0.6) is 23.0 Å². The summed E-state index contributed by atoms with van der Waals surface area (Å²) in [7, 11) is 6.72. The fourth-order valence-corrected chi connectivity index (χ4v) is 3.29. The van der Waals surface area contributed by atoms with Gasteiger partial charge >= 0.3 is 0 Å². The second kappa shape index (κ2) is 9.32. The lowest BCUT2D eigenvalue weighted by molar-refractivity contribution is 0.322. The number of methoxy groups -OCH3 is 3. The number of anilines is 1. The lowest BCUT2D eigenvalue weighted by Gasteiger charge is -2.22. The smallest absolute Gasteiger partial charge is 0.205 e. The summed E-state index contributed by atoms with van der Waals surface area (Å²) in [5, 5.41) is 0.818. The first-order chi connectivity index (χ1) is 14.1. The van der Waals surface area contributed by atoms with Gasteiger partial charge in [-0.2, -0.15) is 0 Å². The second-order valence-corrected chi connectivity index (χ2v) is 6.47. The number of fused-ring (bicyclic) bond motifs is 1. The molecule has 0 aliphatic carbocycles. The van der Waals surface area contributed by atoms with Crippen molar-refractivity contribution in [3.05, 3.63) is 42.2 Å². The zero-order chi connectivity index (χ0) is 20.8. The molecule has 0 fully saturated rings. The molecule has 0 saturated heterocycles. The second-order valence-electron chi connectivity index (χ2n) is 6.47. The van der Waals surface area contributed by atoms with Crippen molar-refractivity contribution in [2.45, 2.75) is 13.3 Å². The van der Waals surface area contributed by atoms with Crippen LogP contribution in [0.2, 0.25) is 0 Å². The summed E-state index contributed by atoms with van der Waals surface area (Å²) in [5.74, 6) is 3.28. The summed E-state index contributed by atoms with van der Waals surface area (Å²) in [6.45, 7) is 3.31. The van der Waals surface area contributed by atoms with Crippen LogP contribution in [0.25, 0.3) is 10.9 Å². The van der Waals surface area contributed by atoms with E-state index in [1.165, 1.54) is 11.9 Å². The fraction of sp³-hybridized carbons (Fsp3) is 0.364. The van der Waals surface area contributed by atoms with E-state index in [9.17, 15) is 0 Å². The number of benzene rings is 2. The van der Waals surface area contributed by atoms with Crippen LogP contribution in [0.1, 0.15) is 12.5 Å². The Balaban J connectivity index is 1.87. The van der Waals surface area contributed by atoms with Crippen molar-refractivity contribution < 1.29 is 18.9 Å². The molecule has 0 aliphatic rings. The fourth-order valence-electron chi connectivity index (χ4n) is 3.29. The molecule has 0 spiro atoms. The molecule has 3 aromatic rings. The molecule has 1 heterocycles. The maximum absolute atomic E-state index is 6.00. The Labute approximate surface area is 171 Å². The van der Waals surface area contributed by atoms with Crippen molar-refractivity contribution in [1.29, 1.82) is 0 Å². The molecule has 0 radical (unpaired) electrons. The monoisotopic (exact) mass is 397 g/mol. The quantitative estimate of drug-likeness (QED) is 0.545. The van der Waals surface area contributed by atoms with Crippen LogP contribution in [0, 0.1) is 0 Å². The molecule has 0 aliphatic heterocycles. The number of likely N-dealkylation sites (N-methyl/N-ethyl adjacent to an activating group) is 1. The van der Waals surface area contributed by atoms with Crippen LogP contribution in [0.3, 0.4) is 0 Å². The lowest BCUT2D eigenvalue weighted by atomic mass is 10.1. The Morgan fingerprint density at radius 1 is 0.931 bits per heavy atom. The zero-order valence-corrected chi connectivity index (χ0v) is 17.6. The molecule has 0 saturated carbocycles. The molecule has 1 aromatic heterocycles. The molecule has 2 aromatic carbocycles. The van der Waals surface area contributed by atoms with Gasteiger partial charge in [0.15, 0.2) is 11.5 Å². The maximum Gasteiger partial charge on any atom is 0.205 e. The molecular weight excluding hydrogens is 370 g/mol. The van der Waals surface area contributed by atoms with Gasteiger partial charge in [0, 0.05) is 7.05 Å². The Hall–Kier alpha value is -3.22. The number of rotatable bonds is 9. The Morgan fingerprint density at radius 3 is 2.38 bits per heavy atom. The highest BCUT2D eigenvalue weighted by molar-refractivity contribution is 5.96. The van der Waals surface area contributed by atoms with E-state index in [1.54, 1.807) is 21.3 Å². The summed E-state index contributed by atoms with van der Waals surface area (Å²) in [4.78, 5) is 10.9. The van der Waals surface area contributed by atoms with Gasteiger partial charge in [-0.05, 0) is 24.1 Å². The van der Waals surface area contributed by atoms with Crippen LogP contribution < -0.4 is 23.8 Å². The molecule has 7 heteroatoms. The Bertz CT molecular complexity index is 978. The minimum Gasteiger partial charge on any atom is -0.493 e. The number of aryl methyl sites for hydroxylation is 1. The van der Waals surface area contributed by atoms with Crippen LogP contribution in [0.15, 0.2) is 36.7 Å². The van der Waals surface area contributed by atoms with Crippen molar-refractivity contribution in [3.63, 3.8) is 0 Å². The highest BCUT2D eigenvalue weighted by atomic mass is 16.5. The van der Waals surface area contributed by atoms with Gasteiger partial charge in [0.05, 0.1) is 33.3 Å². The highest BCUT2D eigenvalue weighted by Gasteiger charge is 2.20. The van der Waals surface area contributed by atoms with Crippen molar-refractivity contribution >= 4 is 16.7 Å². The van der Waals surface area contributed by atoms with Gasteiger partial charge in [-0.15, -0.1) is 0 Å². The summed E-state index contributed by atoms with van der Waals surface area (Å²) >= 11 is 0. The van der Waals surface area contributed by atoms with E-state index >= 15 is 0 Å². The third-order valence-electron chi connectivity index (χ3n) is 4.81. The van der Waals surface area contributed by atoms with E-state index in [-0.39, 0.29) is 0 Å². The third-order valence-corrected chi connectivity index (χ3v) is 4.81. The van der Waals surface area contributed by atoms with E-state index in [0.29, 0.717) is 35.9 Å². The van der Waals surface area contributed by atoms with E-state index in [4.69, 9.17) is 18.9 Å². The first-order valence-corrected chi connectivity index (χ1v) is 9.50. The largest absolute Gasteiger partial charge is 0.493 e. The number of aromatic nitrogens is 2.